The Balaban J connectivity index is 1.74. The molecule has 4 nitrogen and oxygen atoms in total. The number of rotatable bonds is 7. The van der Waals surface area contributed by atoms with Crippen LogP contribution in [0.2, 0.25) is 0 Å². The highest BCUT2D eigenvalue weighted by molar-refractivity contribution is 7.89. The van der Waals surface area contributed by atoms with Gasteiger partial charge in [-0.05, 0) is 55.7 Å². The van der Waals surface area contributed by atoms with Crippen LogP contribution in [0.4, 0.5) is 0 Å². The highest BCUT2D eigenvalue weighted by atomic mass is 32.2. The van der Waals surface area contributed by atoms with Crippen LogP contribution in [0.3, 0.4) is 0 Å². The van der Waals surface area contributed by atoms with E-state index in [-0.39, 0.29) is 0 Å². The average molecular weight is 294 g/mol. The molecule has 0 bridgehead atoms. The number of sulfonamides is 1. The van der Waals surface area contributed by atoms with Crippen molar-refractivity contribution in [2.45, 2.75) is 50.1 Å². The smallest absolute Gasteiger partial charge is 0.240 e. The summed E-state index contributed by atoms with van der Waals surface area (Å²) < 4.78 is 27.4. The number of hydrogen-bond donors (Lipinski definition) is 2. The van der Waals surface area contributed by atoms with E-state index in [9.17, 15) is 8.42 Å². The standard InChI is InChI=1S/C15H22N2O2S/c1-11-13(10-16-14-7-8-14)3-2-4-15(11)20(18,19)17-9-12-5-6-12/h2-4,12,14,16-17H,5-10H2,1H3. The molecule has 1 aromatic rings. The SMILES string of the molecule is Cc1c(CNC2CC2)cccc1S(=O)(=O)NCC1CC1. The van der Waals surface area contributed by atoms with Crippen molar-refractivity contribution in [2.24, 2.45) is 5.92 Å². The van der Waals surface area contributed by atoms with Gasteiger partial charge in [0.2, 0.25) is 10.0 Å². The molecule has 3 rings (SSSR count). The van der Waals surface area contributed by atoms with Crippen molar-refractivity contribution < 1.29 is 8.42 Å². The van der Waals surface area contributed by atoms with Gasteiger partial charge in [-0.1, -0.05) is 12.1 Å². The predicted octanol–water partition coefficient (Wildman–Crippen LogP) is 1.94. The second kappa shape index (κ2) is 5.47. The summed E-state index contributed by atoms with van der Waals surface area (Å²) in [6, 6.07) is 6.17. The van der Waals surface area contributed by atoms with Crippen LogP contribution in [0.15, 0.2) is 23.1 Å². The van der Waals surface area contributed by atoms with Crippen molar-refractivity contribution in [3.63, 3.8) is 0 Å². The fourth-order valence-electron chi connectivity index (χ4n) is 2.31. The Labute approximate surface area is 121 Å². The summed E-state index contributed by atoms with van der Waals surface area (Å²) in [6.45, 7) is 3.23. The van der Waals surface area contributed by atoms with Crippen LogP contribution in [0, 0.1) is 12.8 Å². The van der Waals surface area contributed by atoms with Gasteiger partial charge in [0.1, 0.15) is 0 Å². The first kappa shape index (κ1) is 14.0. The van der Waals surface area contributed by atoms with Crippen molar-refractivity contribution in [1.29, 1.82) is 0 Å². The summed E-state index contributed by atoms with van der Waals surface area (Å²) in [6.07, 6.45) is 4.76. The summed E-state index contributed by atoms with van der Waals surface area (Å²) in [5.74, 6) is 0.546. The fourth-order valence-corrected chi connectivity index (χ4v) is 3.71. The van der Waals surface area contributed by atoms with Crippen molar-refractivity contribution in [3.05, 3.63) is 29.3 Å². The number of hydrogen-bond acceptors (Lipinski definition) is 3. The van der Waals surface area contributed by atoms with Gasteiger partial charge in [-0.3, -0.25) is 0 Å². The molecule has 0 saturated heterocycles. The van der Waals surface area contributed by atoms with Gasteiger partial charge in [-0.15, -0.1) is 0 Å². The molecule has 110 valence electrons. The van der Waals surface area contributed by atoms with Crippen molar-refractivity contribution >= 4 is 10.0 Å². The molecule has 5 heteroatoms. The molecule has 0 atom stereocenters. The third-order valence-corrected chi connectivity index (χ3v) is 5.67. The topological polar surface area (TPSA) is 58.2 Å². The number of benzene rings is 1. The predicted molar refractivity (Wildman–Crippen MR) is 79.0 cm³/mol. The lowest BCUT2D eigenvalue weighted by molar-refractivity contribution is 0.576. The zero-order valence-corrected chi connectivity index (χ0v) is 12.7. The molecule has 0 unspecified atom stereocenters. The average Bonchev–Trinajstić information content (AvgIpc) is 3.28. The normalized spacial score (nSPS) is 19.2. The molecule has 2 saturated carbocycles. The Kier molecular flexibility index (Phi) is 3.84. The minimum absolute atomic E-state index is 0.424. The largest absolute Gasteiger partial charge is 0.310 e. The van der Waals surface area contributed by atoms with E-state index in [2.05, 4.69) is 10.0 Å². The van der Waals surface area contributed by atoms with Crippen LogP contribution in [0.5, 0.6) is 0 Å². The maximum Gasteiger partial charge on any atom is 0.240 e. The molecule has 0 heterocycles. The maximum absolute atomic E-state index is 12.4. The van der Waals surface area contributed by atoms with Crippen LogP contribution in [0.1, 0.15) is 36.8 Å². The van der Waals surface area contributed by atoms with E-state index >= 15 is 0 Å². The minimum Gasteiger partial charge on any atom is -0.310 e. The lowest BCUT2D eigenvalue weighted by Crippen LogP contribution is -2.27. The van der Waals surface area contributed by atoms with E-state index in [1.54, 1.807) is 6.07 Å². The third-order valence-electron chi connectivity index (χ3n) is 4.10. The summed E-state index contributed by atoms with van der Waals surface area (Å²) >= 11 is 0. The Morgan fingerprint density at radius 2 is 1.95 bits per heavy atom. The molecule has 2 aliphatic rings. The summed E-state index contributed by atoms with van der Waals surface area (Å²) in [5, 5.41) is 3.44. The van der Waals surface area contributed by atoms with E-state index < -0.39 is 10.0 Å². The fraction of sp³-hybridized carbons (Fsp3) is 0.600. The summed E-state index contributed by atoms with van der Waals surface area (Å²) in [4.78, 5) is 0.424. The lowest BCUT2D eigenvalue weighted by atomic mass is 10.1. The first-order chi connectivity index (χ1) is 9.56. The highest BCUT2D eigenvalue weighted by Crippen LogP contribution is 2.28. The van der Waals surface area contributed by atoms with Crippen LogP contribution < -0.4 is 10.0 Å². The first-order valence-corrected chi connectivity index (χ1v) is 8.86. The van der Waals surface area contributed by atoms with Gasteiger partial charge in [-0.2, -0.15) is 0 Å². The molecule has 0 amide bonds. The molecule has 0 aromatic heterocycles. The van der Waals surface area contributed by atoms with Crippen molar-refractivity contribution in [1.82, 2.24) is 10.0 Å². The molecular weight excluding hydrogens is 272 g/mol. The third kappa shape index (κ3) is 3.40. The minimum atomic E-state index is -3.37. The van der Waals surface area contributed by atoms with E-state index in [1.807, 2.05) is 19.1 Å². The molecule has 2 aliphatic carbocycles. The summed E-state index contributed by atoms with van der Waals surface area (Å²) in [7, 11) is -3.37. The Morgan fingerprint density at radius 1 is 1.20 bits per heavy atom. The highest BCUT2D eigenvalue weighted by Gasteiger charge is 2.26. The second-order valence-corrected chi connectivity index (χ2v) is 7.73. The van der Waals surface area contributed by atoms with Gasteiger partial charge in [0.25, 0.3) is 0 Å². The molecule has 0 aliphatic heterocycles. The van der Waals surface area contributed by atoms with Gasteiger partial charge in [0.15, 0.2) is 0 Å². The second-order valence-electron chi connectivity index (χ2n) is 5.99. The van der Waals surface area contributed by atoms with Crippen LogP contribution in [-0.4, -0.2) is 21.0 Å². The van der Waals surface area contributed by atoms with E-state index in [0.717, 1.165) is 30.5 Å². The molecule has 1 aromatic carbocycles. The Bertz CT molecular complexity index is 590. The molecule has 20 heavy (non-hydrogen) atoms. The van der Waals surface area contributed by atoms with Crippen molar-refractivity contribution in [2.75, 3.05) is 6.54 Å². The first-order valence-electron chi connectivity index (χ1n) is 7.38. The molecule has 2 fully saturated rings. The number of nitrogens with one attached hydrogen (secondary N) is 2. The van der Waals surface area contributed by atoms with Gasteiger partial charge < -0.3 is 5.32 Å². The lowest BCUT2D eigenvalue weighted by Gasteiger charge is -2.13. The molecule has 0 spiro atoms. The van der Waals surface area contributed by atoms with E-state index in [0.29, 0.717) is 23.4 Å². The van der Waals surface area contributed by atoms with E-state index in [4.69, 9.17) is 0 Å². The Morgan fingerprint density at radius 3 is 2.60 bits per heavy atom. The van der Waals surface area contributed by atoms with Gasteiger partial charge in [-0.25, -0.2) is 13.1 Å². The van der Waals surface area contributed by atoms with Gasteiger partial charge in [0.05, 0.1) is 4.90 Å². The monoisotopic (exact) mass is 294 g/mol. The molecule has 2 N–H and O–H groups in total. The van der Waals surface area contributed by atoms with Crippen LogP contribution in [-0.2, 0) is 16.6 Å². The zero-order chi connectivity index (χ0) is 14.2. The van der Waals surface area contributed by atoms with E-state index in [1.165, 1.54) is 12.8 Å². The van der Waals surface area contributed by atoms with Crippen molar-refractivity contribution in [3.8, 4) is 0 Å². The van der Waals surface area contributed by atoms with Crippen LogP contribution >= 0.6 is 0 Å². The van der Waals surface area contributed by atoms with Gasteiger partial charge in [0, 0.05) is 19.1 Å². The summed E-state index contributed by atoms with van der Waals surface area (Å²) in [5.41, 5.74) is 1.94. The Hall–Kier alpha value is -0.910. The molecular formula is C15H22N2O2S. The zero-order valence-electron chi connectivity index (χ0n) is 11.9. The molecule has 0 radical (unpaired) electrons. The maximum atomic E-state index is 12.4. The van der Waals surface area contributed by atoms with Crippen LogP contribution in [0.25, 0.3) is 0 Å². The quantitative estimate of drug-likeness (QED) is 0.808. The van der Waals surface area contributed by atoms with Gasteiger partial charge >= 0.3 is 0 Å².